The molecule has 0 atom stereocenters. The molecule has 0 aliphatic carbocycles. The number of nitrogen functional groups attached to an aromatic ring is 1. The predicted molar refractivity (Wildman–Crippen MR) is 118 cm³/mol. The number of hydrogen-bond donors (Lipinski definition) is 2. The highest BCUT2D eigenvalue weighted by molar-refractivity contribution is 14.1. The van der Waals surface area contributed by atoms with Crippen LogP contribution in [0, 0.1) is 10.5 Å². The van der Waals surface area contributed by atoms with E-state index in [-0.39, 0.29) is 11.7 Å². The molecule has 2 aromatic carbocycles. The highest BCUT2D eigenvalue weighted by Gasteiger charge is 2.14. The fourth-order valence-corrected chi connectivity index (χ4v) is 3.09. The van der Waals surface area contributed by atoms with Gasteiger partial charge in [-0.1, -0.05) is 12.1 Å². The summed E-state index contributed by atoms with van der Waals surface area (Å²) in [6, 6.07) is 16.6. The van der Waals surface area contributed by atoms with Crippen molar-refractivity contribution in [2.45, 2.75) is 13.5 Å². The molecule has 0 saturated carbocycles. The summed E-state index contributed by atoms with van der Waals surface area (Å²) < 4.78 is 12.0. The SMILES string of the molecule is COCc1nc(N)c(C(=O)Nc2ccc(Oc3ccccc3I)cc2)cc1C. The lowest BCUT2D eigenvalue weighted by Crippen LogP contribution is -2.16. The van der Waals surface area contributed by atoms with Gasteiger partial charge in [0.15, 0.2) is 0 Å². The zero-order valence-corrected chi connectivity index (χ0v) is 17.7. The summed E-state index contributed by atoms with van der Waals surface area (Å²) in [4.78, 5) is 16.8. The first-order valence-corrected chi connectivity index (χ1v) is 9.64. The number of nitrogens with one attached hydrogen (secondary N) is 1. The average molecular weight is 489 g/mol. The molecular weight excluding hydrogens is 469 g/mol. The van der Waals surface area contributed by atoms with Crippen molar-refractivity contribution < 1.29 is 14.3 Å². The number of hydrogen-bond acceptors (Lipinski definition) is 5. The summed E-state index contributed by atoms with van der Waals surface area (Å²) in [6.45, 7) is 2.22. The van der Waals surface area contributed by atoms with Gasteiger partial charge in [0.1, 0.15) is 17.3 Å². The number of nitrogens with two attached hydrogens (primary N) is 1. The fraction of sp³-hybridized carbons (Fsp3) is 0.143. The third kappa shape index (κ3) is 4.79. The molecule has 1 heterocycles. The number of benzene rings is 2. The van der Waals surface area contributed by atoms with E-state index in [9.17, 15) is 4.79 Å². The summed E-state index contributed by atoms with van der Waals surface area (Å²) in [7, 11) is 1.59. The van der Waals surface area contributed by atoms with Gasteiger partial charge in [-0.15, -0.1) is 0 Å². The van der Waals surface area contributed by atoms with Gasteiger partial charge in [-0.25, -0.2) is 4.98 Å². The van der Waals surface area contributed by atoms with Crippen molar-refractivity contribution in [2.24, 2.45) is 0 Å². The first-order chi connectivity index (χ1) is 13.5. The molecule has 0 aliphatic heterocycles. The van der Waals surface area contributed by atoms with Crippen molar-refractivity contribution in [2.75, 3.05) is 18.2 Å². The molecule has 28 heavy (non-hydrogen) atoms. The van der Waals surface area contributed by atoms with Gasteiger partial charge in [-0.3, -0.25) is 4.79 Å². The molecule has 0 aliphatic rings. The number of amides is 1. The van der Waals surface area contributed by atoms with Gasteiger partial charge in [-0.2, -0.15) is 0 Å². The number of pyridine rings is 1. The number of aromatic nitrogens is 1. The van der Waals surface area contributed by atoms with Crippen LogP contribution in [0.5, 0.6) is 11.5 Å². The second kappa shape index (κ2) is 9.03. The molecular formula is C21H20IN3O3. The Hall–Kier alpha value is -2.65. The van der Waals surface area contributed by atoms with Crippen LogP contribution < -0.4 is 15.8 Å². The van der Waals surface area contributed by atoms with Gasteiger partial charge in [0.2, 0.25) is 0 Å². The summed E-state index contributed by atoms with van der Waals surface area (Å²) in [5, 5.41) is 2.83. The lowest BCUT2D eigenvalue weighted by molar-refractivity contribution is 0.102. The molecule has 0 bridgehead atoms. The van der Waals surface area contributed by atoms with Crippen molar-refractivity contribution in [1.82, 2.24) is 4.98 Å². The Morgan fingerprint density at radius 2 is 1.89 bits per heavy atom. The molecule has 7 heteroatoms. The molecule has 3 rings (SSSR count). The topological polar surface area (TPSA) is 86.5 Å². The van der Waals surface area contributed by atoms with Crippen molar-refractivity contribution in [1.29, 1.82) is 0 Å². The number of aryl methyl sites for hydroxylation is 1. The number of nitrogens with zero attached hydrogens (tertiary/aromatic N) is 1. The van der Waals surface area contributed by atoms with Crippen LogP contribution in [0.2, 0.25) is 0 Å². The van der Waals surface area contributed by atoms with Crippen molar-refractivity contribution >= 4 is 40.0 Å². The van der Waals surface area contributed by atoms with Crippen LogP contribution in [0.25, 0.3) is 0 Å². The normalized spacial score (nSPS) is 10.5. The minimum atomic E-state index is -0.316. The number of methoxy groups -OCH3 is 1. The Bertz CT molecular complexity index is 991. The molecule has 0 saturated heterocycles. The summed E-state index contributed by atoms with van der Waals surface area (Å²) in [5.41, 5.74) is 8.48. The van der Waals surface area contributed by atoms with Crippen LogP contribution in [-0.4, -0.2) is 18.0 Å². The van der Waals surface area contributed by atoms with E-state index in [0.29, 0.717) is 29.3 Å². The minimum Gasteiger partial charge on any atom is -0.456 e. The van der Waals surface area contributed by atoms with Gasteiger partial charge in [0.25, 0.3) is 5.91 Å². The van der Waals surface area contributed by atoms with E-state index in [1.807, 2.05) is 31.2 Å². The Morgan fingerprint density at radius 3 is 2.57 bits per heavy atom. The Balaban J connectivity index is 1.71. The Morgan fingerprint density at radius 1 is 1.18 bits per heavy atom. The Labute approximate surface area is 177 Å². The van der Waals surface area contributed by atoms with E-state index in [2.05, 4.69) is 32.9 Å². The van der Waals surface area contributed by atoms with Crippen molar-refractivity contribution in [3.05, 3.63) is 75.0 Å². The maximum Gasteiger partial charge on any atom is 0.259 e. The number of carbonyl (C=O) groups excluding carboxylic acids is 1. The summed E-state index contributed by atoms with van der Waals surface area (Å²) in [5.74, 6) is 1.32. The van der Waals surface area contributed by atoms with Crippen LogP contribution in [0.1, 0.15) is 21.6 Å². The third-order valence-electron chi connectivity index (χ3n) is 4.05. The highest BCUT2D eigenvalue weighted by Crippen LogP contribution is 2.27. The molecule has 0 unspecified atom stereocenters. The first-order valence-electron chi connectivity index (χ1n) is 8.56. The molecule has 0 radical (unpaired) electrons. The van der Waals surface area contributed by atoms with Crippen LogP contribution in [0.4, 0.5) is 11.5 Å². The van der Waals surface area contributed by atoms with Crippen molar-refractivity contribution in [3.63, 3.8) is 0 Å². The number of carbonyl (C=O) groups is 1. The second-order valence-electron chi connectivity index (χ2n) is 6.13. The lowest BCUT2D eigenvalue weighted by atomic mass is 10.1. The van der Waals surface area contributed by atoms with Gasteiger partial charge >= 0.3 is 0 Å². The van der Waals surface area contributed by atoms with E-state index in [1.54, 1.807) is 37.4 Å². The van der Waals surface area contributed by atoms with E-state index < -0.39 is 0 Å². The standard InChI is InChI=1S/C21H20IN3O3/c1-13-11-16(20(23)25-18(13)12-27-2)21(26)24-14-7-9-15(10-8-14)28-19-6-4-3-5-17(19)22/h3-11H,12H2,1-2H3,(H2,23,25)(H,24,26). The molecule has 0 fully saturated rings. The minimum absolute atomic E-state index is 0.175. The Kier molecular flexibility index (Phi) is 6.48. The molecule has 3 aromatic rings. The second-order valence-corrected chi connectivity index (χ2v) is 7.29. The lowest BCUT2D eigenvalue weighted by Gasteiger charge is -2.12. The molecule has 6 nitrogen and oxygen atoms in total. The molecule has 1 amide bonds. The van der Waals surface area contributed by atoms with Crippen LogP contribution >= 0.6 is 22.6 Å². The van der Waals surface area contributed by atoms with Gasteiger partial charge in [0.05, 0.1) is 21.4 Å². The van der Waals surface area contributed by atoms with E-state index >= 15 is 0 Å². The van der Waals surface area contributed by atoms with Crippen LogP contribution in [-0.2, 0) is 11.3 Å². The number of rotatable bonds is 6. The van der Waals surface area contributed by atoms with E-state index in [1.165, 1.54) is 0 Å². The highest BCUT2D eigenvalue weighted by atomic mass is 127. The van der Waals surface area contributed by atoms with Crippen LogP contribution in [0.15, 0.2) is 54.6 Å². The number of ether oxygens (including phenoxy) is 2. The molecule has 1 aromatic heterocycles. The number of halogens is 1. The summed E-state index contributed by atoms with van der Waals surface area (Å²) in [6.07, 6.45) is 0. The van der Waals surface area contributed by atoms with Gasteiger partial charge in [-0.05, 0) is 77.5 Å². The quantitative estimate of drug-likeness (QED) is 0.488. The maximum absolute atomic E-state index is 12.6. The van der Waals surface area contributed by atoms with E-state index in [4.69, 9.17) is 15.2 Å². The largest absolute Gasteiger partial charge is 0.456 e. The number of anilines is 2. The van der Waals surface area contributed by atoms with Crippen LogP contribution in [0.3, 0.4) is 0 Å². The maximum atomic E-state index is 12.6. The monoisotopic (exact) mass is 489 g/mol. The zero-order valence-electron chi connectivity index (χ0n) is 15.5. The smallest absolute Gasteiger partial charge is 0.259 e. The zero-order chi connectivity index (χ0) is 20.1. The predicted octanol–water partition coefficient (Wildman–Crippen LogP) is 4.77. The fourth-order valence-electron chi connectivity index (χ4n) is 2.59. The molecule has 0 spiro atoms. The first kappa shape index (κ1) is 20.1. The third-order valence-corrected chi connectivity index (χ3v) is 4.94. The van der Waals surface area contributed by atoms with E-state index in [0.717, 1.165) is 14.9 Å². The van der Waals surface area contributed by atoms with Gasteiger partial charge < -0.3 is 20.5 Å². The molecule has 144 valence electrons. The van der Waals surface area contributed by atoms with Crippen molar-refractivity contribution in [3.8, 4) is 11.5 Å². The molecule has 3 N–H and O–H groups in total. The average Bonchev–Trinajstić information content (AvgIpc) is 2.68. The number of para-hydroxylation sites is 1. The van der Waals surface area contributed by atoms with Gasteiger partial charge in [0, 0.05) is 12.8 Å². The summed E-state index contributed by atoms with van der Waals surface area (Å²) >= 11 is 2.22.